The van der Waals surface area contributed by atoms with Gasteiger partial charge < -0.3 is 4.74 Å². The van der Waals surface area contributed by atoms with Crippen molar-refractivity contribution in [2.24, 2.45) is 0 Å². The molecule has 7 heteroatoms. The van der Waals surface area contributed by atoms with E-state index >= 15 is 0 Å². The first-order valence-electron chi connectivity index (χ1n) is 5.25. The third-order valence-corrected chi connectivity index (χ3v) is 4.73. The van der Waals surface area contributed by atoms with Crippen LogP contribution in [0.3, 0.4) is 0 Å². The van der Waals surface area contributed by atoms with E-state index in [-0.39, 0.29) is 10.8 Å². The Balaban J connectivity index is 2.38. The average molecular weight is 277 g/mol. The van der Waals surface area contributed by atoms with Crippen molar-refractivity contribution in [3.05, 3.63) is 17.5 Å². The summed E-state index contributed by atoms with van der Waals surface area (Å²) >= 11 is 1.10. The summed E-state index contributed by atoms with van der Waals surface area (Å²) in [6.07, 6.45) is 1.71. The quantitative estimate of drug-likeness (QED) is 0.603. The van der Waals surface area contributed by atoms with Crippen LogP contribution >= 0.6 is 11.3 Å². The molecule has 0 unspecified atom stereocenters. The Labute approximate surface area is 105 Å². The maximum Gasteiger partial charge on any atom is 0.321 e. The van der Waals surface area contributed by atoms with Gasteiger partial charge in [-0.25, -0.2) is 8.42 Å². The molecule has 0 aliphatic rings. The zero-order valence-electron chi connectivity index (χ0n) is 9.51. The number of thiophene rings is 1. The van der Waals surface area contributed by atoms with Crippen LogP contribution in [0.1, 0.15) is 19.8 Å². The minimum atomic E-state index is -3.57. The molecular weight excluding hydrogens is 262 g/mol. The smallest absolute Gasteiger partial charge is 0.321 e. The van der Waals surface area contributed by atoms with Gasteiger partial charge in [0.05, 0.1) is 6.61 Å². The van der Waals surface area contributed by atoms with E-state index in [1.165, 1.54) is 6.07 Å². The Kier molecular flexibility index (Phi) is 5.60. The first kappa shape index (κ1) is 14.1. The van der Waals surface area contributed by atoms with E-state index in [1.807, 2.05) is 6.92 Å². The molecule has 0 saturated heterocycles. The van der Waals surface area contributed by atoms with Crippen LogP contribution in [-0.2, 0) is 19.6 Å². The molecule has 1 rings (SSSR count). The Morgan fingerprint density at radius 2 is 2.29 bits per heavy atom. The number of rotatable bonds is 7. The molecule has 0 fully saturated rings. The highest BCUT2D eigenvalue weighted by Gasteiger charge is 2.16. The van der Waals surface area contributed by atoms with Gasteiger partial charge in [0.2, 0.25) is 0 Å². The predicted octanol–water partition coefficient (Wildman–Crippen LogP) is 1.37. The van der Waals surface area contributed by atoms with Crippen LogP contribution < -0.4 is 4.72 Å². The lowest BCUT2D eigenvalue weighted by molar-refractivity contribution is -0.142. The second-order valence-corrected chi connectivity index (χ2v) is 6.27. The molecule has 5 nitrogen and oxygen atoms in total. The number of hydrogen-bond donors (Lipinski definition) is 1. The molecular formula is C10H15NO4S2. The lowest BCUT2D eigenvalue weighted by Crippen LogP contribution is -2.30. The van der Waals surface area contributed by atoms with E-state index in [4.69, 9.17) is 4.74 Å². The summed E-state index contributed by atoms with van der Waals surface area (Å²) < 4.78 is 30.5. The van der Waals surface area contributed by atoms with Crippen LogP contribution in [0.5, 0.6) is 0 Å². The van der Waals surface area contributed by atoms with E-state index in [0.29, 0.717) is 6.61 Å². The number of carbonyl (C=O) groups is 1. The molecule has 0 atom stereocenters. The minimum absolute atomic E-state index is 0.193. The highest BCUT2D eigenvalue weighted by molar-refractivity contribution is 7.91. The van der Waals surface area contributed by atoms with Crippen molar-refractivity contribution in [2.75, 3.05) is 13.2 Å². The van der Waals surface area contributed by atoms with Crippen LogP contribution in [0.4, 0.5) is 0 Å². The van der Waals surface area contributed by atoms with Gasteiger partial charge in [-0.3, -0.25) is 4.79 Å². The van der Waals surface area contributed by atoms with Gasteiger partial charge >= 0.3 is 5.97 Å². The third kappa shape index (κ3) is 4.84. The van der Waals surface area contributed by atoms with Crippen molar-refractivity contribution in [3.8, 4) is 0 Å². The largest absolute Gasteiger partial charge is 0.465 e. The fourth-order valence-electron chi connectivity index (χ4n) is 1.02. The zero-order chi connectivity index (χ0) is 12.7. The topological polar surface area (TPSA) is 72.5 Å². The van der Waals surface area contributed by atoms with Crippen molar-refractivity contribution in [1.82, 2.24) is 4.72 Å². The van der Waals surface area contributed by atoms with Gasteiger partial charge in [-0.05, 0) is 17.9 Å². The van der Waals surface area contributed by atoms with Gasteiger partial charge in [-0.2, -0.15) is 4.72 Å². The molecule has 1 heterocycles. The van der Waals surface area contributed by atoms with Crippen molar-refractivity contribution >= 4 is 27.3 Å². The summed E-state index contributed by atoms with van der Waals surface area (Å²) in [6, 6.07) is 3.12. The number of ether oxygens (including phenoxy) is 1. The molecule has 0 bridgehead atoms. The van der Waals surface area contributed by atoms with Gasteiger partial charge in [0.1, 0.15) is 10.8 Å². The molecule has 0 aliphatic carbocycles. The molecule has 1 N–H and O–H groups in total. The Hall–Kier alpha value is -0.920. The Morgan fingerprint density at radius 3 is 2.88 bits per heavy atom. The number of unbranched alkanes of at least 4 members (excludes halogenated alkanes) is 1. The highest BCUT2D eigenvalue weighted by Crippen LogP contribution is 2.14. The fourth-order valence-corrected chi connectivity index (χ4v) is 3.03. The molecule has 0 amide bonds. The van der Waals surface area contributed by atoms with Crippen LogP contribution in [0.15, 0.2) is 21.7 Å². The predicted molar refractivity (Wildman–Crippen MR) is 65.4 cm³/mol. The summed E-state index contributed by atoms with van der Waals surface area (Å²) in [7, 11) is -3.57. The van der Waals surface area contributed by atoms with E-state index < -0.39 is 16.0 Å². The number of esters is 1. The van der Waals surface area contributed by atoms with E-state index in [9.17, 15) is 13.2 Å². The van der Waals surface area contributed by atoms with Gasteiger partial charge in [0.25, 0.3) is 10.0 Å². The monoisotopic (exact) mass is 277 g/mol. The Morgan fingerprint density at radius 1 is 1.53 bits per heavy atom. The van der Waals surface area contributed by atoms with E-state index in [1.54, 1.807) is 11.4 Å². The fraction of sp³-hybridized carbons (Fsp3) is 0.500. The first-order chi connectivity index (χ1) is 8.06. The summed E-state index contributed by atoms with van der Waals surface area (Å²) in [5, 5.41) is 1.66. The SMILES string of the molecule is CCCCOC(=O)CNS(=O)(=O)c1cccs1. The first-order valence-corrected chi connectivity index (χ1v) is 7.61. The maximum absolute atomic E-state index is 11.6. The van der Waals surface area contributed by atoms with Crippen LogP contribution in [0.2, 0.25) is 0 Å². The maximum atomic E-state index is 11.6. The summed E-state index contributed by atoms with van der Waals surface area (Å²) in [4.78, 5) is 11.2. The van der Waals surface area contributed by atoms with Gasteiger partial charge in [0, 0.05) is 0 Å². The van der Waals surface area contributed by atoms with Crippen LogP contribution in [0.25, 0.3) is 0 Å². The molecule has 0 spiro atoms. The highest BCUT2D eigenvalue weighted by atomic mass is 32.2. The molecule has 0 saturated carbocycles. The summed E-state index contributed by atoms with van der Waals surface area (Å²) in [5.41, 5.74) is 0. The lowest BCUT2D eigenvalue weighted by atomic mass is 10.4. The third-order valence-electron chi connectivity index (χ3n) is 1.93. The van der Waals surface area contributed by atoms with Crippen molar-refractivity contribution in [2.45, 2.75) is 24.0 Å². The van der Waals surface area contributed by atoms with Gasteiger partial charge in [0.15, 0.2) is 0 Å². The summed E-state index contributed by atoms with van der Waals surface area (Å²) in [5.74, 6) is -0.557. The van der Waals surface area contributed by atoms with Crippen molar-refractivity contribution < 1.29 is 17.9 Å². The normalized spacial score (nSPS) is 11.4. The van der Waals surface area contributed by atoms with Crippen molar-refractivity contribution in [3.63, 3.8) is 0 Å². The molecule has 0 aliphatic heterocycles. The Bertz CT molecular complexity index is 439. The van der Waals surface area contributed by atoms with E-state index in [0.717, 1.165) is 24.2 Å². The van der Waals surface area contributed by atoms with E-state index in [2.05, 4.69) is 4.72 Å². The number of hydrogen-bond acceptors (Lipinski definition) is 5. The standard InChI is InChI=1S/C10H15NO4S2/c1-2-3-6-15-9(12)8-11-17(13,14)10-5-4-7-16-10/h4-5,7,11H,2-3,6,8H2,1H3. The van der Waals surface area contributed by atoms with Crippen LogP contribution in [0, 0.1) is 0 Å². The van der Waals surface area contributed by atoms with Crippen molar-refractivity contribution in [1.29, 1.82) is 0 Å². The molecule has 17 heavy (non-hydrogen) atoms. The molecule has 0 aromatic carbocycles. The number of sulfonamides is 1. The number of carbonyl (C=O) groups excluding carboxylic acids is 1. The second kappa shape index (κ2) is 6.73. The average Bonchev–Trinajstić information content (AvgIpc) is 2.81. The molecule has 96 valence electrons. The summed E-state index contributed by atoms with van der Waals surface area (Å²) in [6.45, 7) is 1.98. The van der Waals surface area contributed by atoms with Gasteiger partial charge in [-0.1, -0.05) is 19.4 Å². The molecule has 1 aromatic rings. The minimum Gasteiger partial charge on any atom is -0.465 e. The second-order valence-electron chi connectivity index (χ2n) is 3.33. The van der Waals surface area contributed by atoms with Gasteiger partial charge in [-0.15, -0.1) is 11.3 Å². The molecule has 0 radical (unpaired) electrons. The number of nitrogens with one attached hydrogen (secondary N) is 1. The lowest BCUT2D eigenvalue weighted by Gasteiger charge is -2.05. The van der Waals surface area contributed by atoms with Crippen LogP contribution in [-0.4, -0.2) is 27.5 Å². The zero-order valence-corrected chi connectivity index (χ0v) is 11.1. The molecule has 1 aromatic heterocycles.